The molecule has 3 heterocycles. The predicted octanol–water partition coefficient (Wildman–Crippen LogP) is 2.15. The highest BCUT2D eigenvalue weighted by Gasteiger charge is 2.33. The number of rotatable bonds is 4. The molecule has 0 radical (unpaired) electrons. The van der Waals surface area contributed by atoms with E-state index in [1.165, 1.54) is 4.31 Å². The molecule has 1 fully saturated rings. The fourth-order valence-electron chi connectivity index (χ4n) is 4.33. The molecule has 2 aliphatic rings. The van der Waals surface area contributed by atoms with Crippen molar-refractivity contribution in [2.24, 2.45) is 0 Å². The summed E-state index contributed by atoms with van der Waals surface area (Å²) in [7, 11) is -3.36. The Kier molecular flexibility index (Phi) is 5.98. The van der Waals surface area contributed by atoms with Crippen LogP contribution in [0.4, 0.5) is 0 Å². The Morgan fingerprint density at radius 1 is 1.19 bits per heavy atom. The van der Waals surface area contributed by atoms with Gasteiger partial charge in [0.1, 0.15) is 5.82 Å². The predicted molar refractivity (Wildman–Crippen MR) is 117 cm³/mol. The van der Waals surface area contributed by atoms with Crippen LogP contribution in [0, 0.1) is 6.92 Å². The number of carbonyl (C=O) groups is 1. The van der Waals surface area contributed by atoms with Crippen LogP contribution in [0.1, 0.15) is 65.2 Å². The third kappa shape index (κ3) is 4.29. The number of aromatic amines is 1. The van der Waals surface area contributed by atoms with Crippen LogP contribution in [0.25, 0.3) is 0 Å². The van der Waals surface area contributed by atoms with Crippen molar-refractivity contribution in [3.8, 4) is 0 Å². The first-order chi connectivity index (χ1) is 14.8. The lowest BCUT2D eigenvalue weighted by atomic mass is 9.99. The van der Waals surface area contributed by atoms with Crippen molar-refractivity contribution in [2.75, 3.05) is 18.8 Å². The van der Waals surface area contributed by atoms with Gasteiger partial charge in [-0.3, -0.25) is 9.59 Å². The molecule has 8 nitrogen and oxygen atoms in total. The number of aromatic nitrogens is 2. The normalized spacial score (nSPS) is 19.8. The summed E-state index contributed by atoms with van der Waals surface area (Å²) in [6.45, 7) is 4.56. The lowest BCUT2D eigenvalue weighted by molar-refractivity contribution is 0.0599. The van der Waals surface area contributed by atoms with Crippen LogP contribution in [0.15, 0.2) is 29.1 Å². The van der Waals surface area contributed by atoms with E-state index in [0.717, 1.165) is 18.4 Å². The highest BCUT2D eigenvalue weighted by atomic mass is 32.2. The number of nitrogens with one attached hydrogen (secondary N) is 1. The van der Waals surface area contributed by atoms with Gasteiger partial charge in [0.2, 0.25) is 10.0 Å². The molecular formula is C22H28N4O4S. The molecule has 2 aromatic rings. The summed E-state index contributed by atoms with van der Waals surface area (Å²) in [6.07, 6.45) is 2.87. The number of piperidine rings is 1. The number of aryl methyl sites for hydroxylation is 1. The molecule has 0 unspecified atom stereocenters. The van der Waals surface area contributed by atoms with E-state index in [-0.39, 0.29) is 36.4 Å². The maximum Gasteiger partial charge on any atom is 0.254 e. The molecule has 1 aromatic carbocycles. The molecule has 0 spiro atoms. The highest BCUT2D eigenvalue weighted by molar-refractivity contribution is 7.89. The first-order valence-electron chi connectivity index (χ1n) is 10.8. The van der Waals surface area contributed by atoms with Gasteiger partial charge in [-0.25, -0.2) is 13.4 Å². The number of nitrogens with zero attached hydrogens (tertiary/aromatic N) is 3. The van der Waals surface area contributed by atoms with E-state index in [1.54, 1.807) is 11.8 Å². The molecule has 0 saturated carbocycles. The monoisotopic (exact) mass is 444 g/mol. The second kappa shape index (κ2) is 8.55. The standard InChI is InChI=1S/C22H28N4O4S/c1-3-31(29,30)25-13-11-17-18(14-25)23-20(24-21(17)27)19-6-4-5-12-26(19)22(28)16-9-7-15(2)8-10-16/h7-10,19H,3-6,11-14H2,1-2H3,(H,23,24,27)/t19-/m0/s1. The molecule has 2 aliphatic heterocycles. The van der Waals surface area contributed by atoms with Gasteiger partial charge in [-0.05, 0) is 51.7 Å². The fourth-order valence-corrected chi connectivity index (χ4v) is 5.39. The average molecular weight is 445 g/mol. The van der Waals surface area contributed by atoms with E-state index in [4.69, 9.17) is 0 Å². The van der Waals surface area contributed by atoms with Crippen molar-refractivity contribution in [1.82, 2.24) is 19.2 Å². The lowest BCUT2D eigenvalue weighted by Gasteiger charge is -2.36. The van der Waals surface area contributed by atoms with Crippen molar-refractivity contribution < 1.29 is 13.2 Å². The molecule has 1 saturated heterocycles. The summed E-state index contributed by atoms with van der Waals surface area (Å²) in [5.41, 5.74) is 2.49. The molecule has 0 bridgehead atoms. The van der Waals surface area contributed by atoms with Gasteiger partial charge in [-0.2, -0.15) is 4.31 Å². The quantitative estimate of drug-likeness (QED) is 0.778. The largest absolute Gasteiger partial charge is 0.328 e. The number of H-pyrrole nitrogens is 1. The highest BCUT2D eigenvalue weighted by Crippen LogP contribution is 2.31. The van der Waals surface area contributed by atoms with Gasteiger partial charge in [0, 0.05) is 24.2 Å². The Bertz CT molecular complexity index is 1140. The summed E-state index contributed by atoms with van der Waals surface area (Å²) in [4.78, 5) is 35.3. The average Bonchev–Trinajstić information content (AvgIpc) is 2.78. The molecule has 1 amide bonds. The van der Waals surface area contributed by atoms with E-state index in [0.29, 0.717) is 42.0 Å². The first kappa shape index (κ1) is 21.7. The van der Waals surface area contributed by atoms with Crippen molar-refractivity contribution in [1.29, 1.82) is 0 Å². The summed E-state index contributed by atoms with van der Waals surface area (Å²) >= 11 is 0. The minimum absolute atomic E-state index is 0.0137. The summed E-state index contributed by atoms with van der Waals surface area (Å²) in [5, 5.41) is 0. The summed E-state index contributed by atoms with van der Waals surface area (Å²) < 4.78 is 26.0. The smallest absolute Gasteiger partial charge is 0.254 e. The van der Waals surface area contributed by atoms with Crippen LogP contribution >= 0.6 is 0 Å². The topological polar surface area (TPSA) is 103 Å². The minimum atomic E-state index is -3.36. The molecule has 31 heavy (non-hydrogen) atoms. The zero-order chi connectivity index (χ0) is 22.2. The molecule has 0 aliphatic carbocycles. The van der Waals surface area contributed by atoms with Crippen LogP contribution in [0.5, 0.6) is 0 Å². The van der Waals surface area contributed by atoms with Gasteiger partial charge >= 0.3 is 0 Å². The maximum atomic E-state index is 13.2. The molecule has 166 valence electrons. The third-order valence-electron chi connectivity index (χ3n) is 6.19. The molecule has 1 atom stereocenters. The van der Waals surface area contributed by atoms with Crippen LogP contribution in [0.3, 0.4) is 0 Å². The van der Waals surface area contributed by atoms with Gasteiger partial charge in [-0.15, -0.1) is 0 Å². The number of hydrogen-bond acceptors (Lipinski definition) is 5. The van der Waals surface area contributed by atoms with Crippen molar-refractivity contribution >= 4 is 15.9 Å². The van der Waals surface area contributed by atoms with Gasteiger partial charge < -0.3 is 9.88 Å². The van der Waals surface area contributed by atoms with E-state index < -0.39 is 10.0 Å². The molecule has 1 N–H and O–H groups in total. The van der Waals surface area contributed by atoms with Crippen LogP contribution in [0.2, 0.25) is 0 Å². The van der Waals surface area contributed by atoms with E-state index in [2.05, 4.69) is 9.97 Å². The molecule has 9 heteroatoms. The van der Waals surface area contributed by atoms with E-state index in [1.807, 2.05) is 31.2 Å². The van der Waals surface area contributed by atoms with Crippen molar-refractivity contribution in [3.05, 3.63) is 62.8 Å². The number of amides is 1. The fraction of sp³-hybridized carbons (Fsp3) is 0.500. The second-order valence-corrected chi connectivity index (χ2v) is 10.5. The number of hydrogen-bond donors (Lipinski definition) is 1. The number of sulfonamides is 1. The SMILES string of the molecule is CCS(=O)(=O)N1CCc2c(nc([C@@H]3CCCCN3C(=O)c3ccc(C)cc3)[nH]c2=O)C1. The summed E-state index contributed by atoms with van der Waals surface area (Å²) in [5.74, 6) is 0.375. The minimum Gasteiger partial charge on any atom is -0.328 e. The van der Waals surface area contributed by atoms with Gasteiger partial charge in [0.25, 0.3) is 11.5 Å². The Hall–Kier alpha value is -2.52. The van der Waals surface area contributed by atoms with Crippen molar-refractivity contribution in [3.63, 3.8) is 0 Å². The van der Waals surface area contributed by atoms with Crippen LogP contribution in [-0.4, -0.2) is 52.3 Å². The van der Waals surface area contributed by atoms with Crippen molar-refractivity contribution in [2.45, 2.75) is 52.1 Å². The second-order valence-electron chi connectivity index (χ2n) is 8.24. The van der Waals surface area contributed by atoms with Crippen LogP contribution in [-0.2, 0) is 23.0 Å². The van der Waals surface area contributed by atoms with Crippen LogP contribution < -0.4 is 5.56 Å². The van der Waals surface area contributed by atoms with E-state index >= 15 is 0 Å². The number of benzene rings is 1. The number of likely N-dealkylation sites (tertiary alicyclic amines) is 1. The molecule has 4 rings (SSSR count). The Morgan fingerprint density at radius 2 is 1.94 bits per heavy atom. The number of carbonyl (C=O) groups excluding carboxylic acids is 1. The zero-order valence-electron chi connectivity index (χ0n) is 17.9. The Balaban J connectivity index is 1.67. The number of fused-ring (bicyclic) bond motifs is 1. The Morgan fingerprint density at radius 3 is 2.65 bits per heavy atom. The van der Waals surface area contributed by atoms with Gasteiger partial charge in [0.05, 0.1) is 24.0 Å². The van der Waals surface area contributed by atoms with Gasteiger partial charge in [0.15, 0.2) is 0 Å². The molecule has 1 aromatic heterocycles. The zero-order valence-corrected chi connectivity index (χ0v) is 18.7. The third-order valence-corrected chi connectivity index (χ3v) is 8.02. The Labute approximate surface area is 182 Å². The maximum absolute atomic E-state index is 13.2. The summed E-state index contributed by atoms with van der Waals surface area (Å²) in [6, 6.07) is 7.13. The van der Waals surface area contributed by atoms with E-state index in [9.17, 15) is 18.0 Å². The first-order valence-corrected chi connectivity index (χ1v) is 12.4. The molecular weight excluding hydrogens is 416 g/mol. The lowest BCUT2D eigenvalue weighted by Crippen LogP contribution is -2.42. The van der Waals surface area contributed by atoms with Gasteiger partial charge in [-0.1, -0.05) is 17.7 Å².